The number of carbonyl (C=O) groups excluding carboxylic acids is 1. The minimum Gasteiger partial charge on any atom is -0.384 e. The number of aryl methyl sites for hydroxylation is 1. The molecular weight excluding hydrogens is 1440 g/mol. The van der Waals surface area contributed by atoms with Crippen molar-refractivity contribution in [2.24, 2.45) is 0 Å². The van der Waals surface area contributed by atoms with Crippen molar-refractivity contribution in [2.75, 3.05) is 190 Å². The molecule has 15 heterocycles. The maximum Gasteiger partial charge on any atom is 0.251 e. The number of sulfonamides is 2. The molecule has 0 bridgehead atoms. The number of piperazine rings is 3. The molecule has 5 N–H and O–H groups in total. The molecule has 0 aliphatic carbocycles. The van der Waals surface area contributed by atoms with Gasteiger partial charge in [-0.2, -0.15) is 18.8 Å². The van der Waals surface area contributed by atoms with E-state index in [1.807, 2.05) is 48.8 Å². The number of H-pyrrole nitrogens is 2. The van der Waals surface area contributed by atoms with Crippen molar-refractivity contribution in [1.29, 1.82) is 0 Å². The molecule has 36 heteroatoms. The van der Waals surface area contributed by atoms with Gasteiger partial charge in [0.1, 0.15) is 16.8 Å². The van der Waals surface area contributed by atoms with E-state index >= 15 is 0 Å². The van der Waals surface area contributed by atoms with Gasteiger partial charge in [0.05, 0.1) is 107 Å². The molecule has 6 aliphatic heterocycles. The second-order valence-corrected chi connectivity index (χ2v) is 34.2. The summed E-state index contributed by atoms with van der Waals surface area (Å²) < 4.78 is 69.4. The highest BCUT2D eigenvalue weighted by Gasteiger charge is 2.31. The number of nitrogens with two attached hydrogens (primary N) is 1. The van der Waals surface area contributed by atoms with Gasteiger partial charge in [0.15, 0.2) is 29.1 Å². The smallest absolute Gasteiger partial charge is 0.251 e. The fourth-order valence-electron chi connectivity index (χ4n) is 14.0. The first-order valence-corrected chi connectivity index (χ1v) is 41.3. The van der Waals surface area contributed by atoms with Gasteiger partial charge < -0.3 is 44.7 Å². The van der Waals surface area contributed by atoms with Crippen LogP contribution in [0.5, 0.6) is 0 Å². The number of benzene rings is 2. The maximum absolute atomic E-state index is 12.1. The van der Waals surface area contributed by atoms with Crippen LogP contribution in [-0.4, -0.2) is 292 Å². The van der Waals surface area contributed by atoms with Crippen molar-refractivity contribution in [3.63, 3.8) is 0 Å². The topological polar surface area (TPSA) is 349 Å². The van der Waals surface area contributed by atoms with E-state index in [4.69, 9.17) is 49.8 Å². The molecule has 6 saturated heterocycles. The first-order chi connectivity index (χ1) is 50.8. The number of fused-ring (bicyclic) bond motifs is 5. The Morgan fingerprint density at radius 1 is 0.543 bits per heavy atom. The van der Waals surface area contributed by atoms with E-state index in [-0.39, 0.29) is 11.9 Å². The fourth-order valence-corrected chi connectivity index (χ4v) is 19.1. The quantitative estimate of drug-likeness (QED) is 0.102. The van der Waals surface area contributed by atoms with Crippen LogP contribution in [0.25, 0.3) is 86.6 Å². The van der Waals surface area contributed by atoms with Gasteiger partial charge in [-0.3, -0.25) is 29.7 Å². The molecule has 11 aromatic rings. The van der Waals surface area contributed by atoms with Gasteiger partial charge in [-0.15, -0.1) is 34.0 Å². The summed E-state index contributed by atoms with van der Waals surface area (Å²) in [4.78, 5) is 70.4. The van der Waals surface area contributed by atoms with Crippen LogP contribution in [0.4, 0.5) is 23.4 Å². The number of aliphatic hydroxyl groups is 1. The van der Waals surface area contributed by atoms with Crippen molar-refractivity contribution < 1.29 is 40.9 Å². The zero-order valence-electron chi connectivity index (χ0n) is 58.9. The third-order valence-corrected chi connectivity index (χ3v) is 25.7. The average Bonchev–Trinajstić information content (AvgIpc) is 1.69. The normalized spacial score (nSPS) is 18.5. The Hall–Kier alpha value is -8.21. The standard InChI is InChI=1S/C23H30N8O3S.2C23H27N7O3S2/c1-14-17(13-29-3-5-31(6-4-29)22(33)15(2)32)35-19-18(14)27-20(16-11-25-23(24)26-12-16)28-21(19)30-7-9-34-10-8-30;1-35(31,32)30-7-5-28(6-8-30)15-16-13-20-21(34-16)23(29-9-11-33-12-10-29)26-22(25-20)17-3-2-4-19-18(17)14-24-27-19;1-35(31,32)30-7-5-28(6-8-30)15-16-13-18-22(29-9-11-33-12-10-29)25-21(26-23(18)34-16)17-3-2-4-20-19(17)14-24-27-20/h11-12,15,32H,3-10,13H2,1-2H3,(H2,24,25,26);2*2-4,13-14H,5-12,15H2,1H3,(H,24,27)/t15-;;/m0../s1. The Labute approximate surface area is 619 Å². The van der Waals surface area contributed by atoms with Crippen LogP contribution in [0, 0.1) is 6.92 Å². The number of aromatic nitrogens is 12. The molecule has 17 rings (SSSR count). The summed E-state index contributed by atoms with van der Waals surface area (Å²) in [6.45, 7) is 22.5. The summed E-state index contributed by atoms with van der Waals surface area (Å²) in [5.41, 5.74) is 13.2. The second kappa shape index (κ2) is 31.3. The first kappa shape index (κ1) is 72.4. The summed E-state index contributed by atoms with van der Waals surface area (Å²) in [5.74, 6) is 4.79. The lowest BCUT2D eigenvalue weighted by molar-refractivity contribution is -0.141. The Morgan fingerprint density at radius 2 is 1.02 bits per heavy atom. The molecule has 6 fully saturated rings. The van der Waals surface area contributed by atoms with Crippen molar-refractivity contribution in [3.8, 4) is 34.2 Å². The Morgan fingerprint density at radius 3 is 1.55 bits per heavy atom. The predicted molar refractivity (Wildman–Crippen MR) is 409 cm³/mol. The minimum absolute atomic E-state index is 0.202. The molecule has 9 aromatic heterocycles. The van der Waals surface area contributed by atoms with Crippen LogP contribution in [0.1, 0.15) is 27.1 Å². The molecule has 105 heavy (non-hydrogen) atoms. The van der Waals surface area contributed by atoms with E-state index in [1.54, 1.807) is 59.9 Å². The average molecular weight is 1530 g/mol. The number of nitrogens with one attached hydrogen (secondary N) is 2. The number of thiophene rings is 3. The van der Waals surface area contributed by atoms with Crippen molar-refractivity contribution in [3.05, 3.63) is 93.5 Å². The van der Waals surface area contributed by atoms with Crippen LogP contribution in [0.3, 0.4) is 0 Å². The number of aliphatic hydroxyl groups excluding tert-OH is 1. The van der Waals surface area contributed by atoms with Gasteiger partial charge in [-0.05, 0) is 43.7 Å². The third kappa shape index (κ3) is 16.2. The molecule has 1 atom stereocenters. The molecule has 31 nitrogen and oxygen atoms in total. The Kier molecular flexibility index (Phi) is 21.6. The van der Waals surface area contributed by atoms with Crippen LogP contribution in [-0.2, 0) is 58.7 Å². The Balaban J connectivity index is 0.000000126. The lowest BCUT2D eigenvalue weighted by atomic mass is 10.1. The lowest BCUT2D eigenvalue weighted by Gasteiger charge is -2.35. The van der Waals surface area contributed by atoms with Crippen molar-refractivity contribution in [1.82, 2.24) is 88.5 Å². The molecule has 0 saturated carbocycles. The summed E-state index contributed by atoms with van der Waals surface area (Å²) >= 11 is 5.15. The van der Waals surface area contributed by atoms with E-state index in [0.29, 0.717) is 96.4 Å². The lowest BCUT2D eigenvalue weighted by Crippen LogP contribution is -2.50. The van der Waals surface area contributed by atoms with E-state index < -0.39 is 26.2 Å². The summed E-state index contributed by atoms with van der Waals surface area (Å²) in [6.07, 6.45) is 8.56. The number of nitrogen functional groups attached to an aromatic ring is 1. The van der Waals surface area contributed by atoms with Gasteiger partial charge in [0, 0.05) is 186 Å². The number of anilines is 4. The first-order valence-electron chi connectivity index (χ1n) is 35.2. The molecule has 6 aliphatic rings. The Bertz CT molecular complexity index is 4920. The highest BCUT2D eigenvalue weighted by molar-refractivity contribution is 7.88. The van der Waals surface area contributed by atoms with Crippen molar-refractivity contribution >= 4 is 136 Å². The van der Waals surface area contributed by atoms with E-state index in [0.717, 1.165) is 190 Å². The highest BCUT2D eigenvalue weighted by Crippen LogP contribution is 2.41. The number of hydrogen-bond donors (Lipinski definition) is 4. The molecule has 2 aromatic carbocycles. The fraction of sp³-hybridized carbons (Fsp3) is 0.464. The predicted octanol–water partition coefficient (Wildman–Crippen LogP) is 5.20. The molecule has 0 radical (unpaired) electrons. The van der Waals surface area contributed by atoms with Gasteiger partial charge in [-0.25, -0.2) is 56.7 Å². The molecule has 0 unspecified atom stereocenters. The number of nitrogens with zero attached hydrogens (tertiary/aromatic N) is 19. The SMILES string of the molecule is CS(=O)(=O)N1CCN(Cc2cc3c(N4CCOCC4)nc(-c4cccc5[nH]ncc45)nc3s2)CC1.CS(=O)(=O)N1CCN(Cc2cc3nc(-c4cccc5[nH]ncc45)nc(N4CCOCC4)c3s2)CC1.Cc1c(CN2CCN(C(=O)[C@H](C)O)CC2)sc2c(N3CCOCC3)nc(-c3cnc(N)nc3)nc12. The van der Waals surface area contributed by atoms with Gasteiger partial charge in [0.2, 0.25) is 26.0 Å². The maximum atomic E-state index is 12.1. The monoisotopic (exact) mass is 1520 g/mol. The number of rotatable bonds is 15. The largest absolute Gasteiger partial charge is 0.384 e. The van der Waals surface area contributed by atoms with E-state index in [1.165, 1.54) is 34.1 Å². The summed E-state index contributed by atoms with van der Waals surface area (Å²) in [5, 5.41) is 27.1. The number of aromatic amines is 2. The number of amides is 1. The van der Waals surface area contributed by atoms with Crippen LogP contribution in [0.2, 0.25) is 0 Å². The van der Waals surface area contributed by atoms with Crippen LogP contribution < -0.4 is 20.4 Å². The zero-order valence-corrected chi connectivity index (χ0v) is 63.0. The molecule has 554 valence electrons. The number of ether oxygens (including phenoxy) is 3. The van der Waals surface area contributed by atoms with Gasteiger partial charge >= 0.3 is 0 Å². The van der Waals surface area contributed by atoms with Crippen LogP contribution >= 0.6 is 34.0 Å². The molecule has 0 spiro atoms. The number of morpholine rings is 3. The number of hydrogen-bond acceptors (Lipinski definition) is 29. The minimum atomic E-state index is -3.13. The third-order valence-electron chi connectivity index (χ3n) is 19.8. The second-order valence-electron chi connectivity index (χ2n) is 26.9. The van der Waals surface area contributed by atoms with Gasteiger partial charge in [-0.1, -0.05) is 24.3 Å². The molecular formula is C69H84N22O9S5. The number of carbonyl (C=O) groups is 1. The van der Waals surface area contributed by atoms with E-state index in [9.17, 15) is 26.7 Å². The van der Waals surface area contributed by atoms with Crippen molar-refractivity contribution in [2.45, 2.75) is 39.6 Å². The van der Waals surface area contributed by atoms with Gasteiger partial charge in [0.25, 0.3) is 5.91 Å². The summed E-state index contributed by atoms with van der Waals surface area (Å²) in [6, 6.07) is 16.4. The summed E-state index contributed by atoms with van der Waals surface area (Å²) in [7, 11) is -6.27. The highest BCUT2D eigenvalue weighted by atomic mass is 32.2. The van der Waals surface area contributed by atoms with E-state index in [2.05, 4.69) is 78.8 Å². The zero-order chi connectivity index (χ0) is 72.5. The van der Waals surface area contributed by atoms with Crippen LogP contribution in [0.15, 0.2) is 73.3 Å². The molecule has 1 amide bonds.